The molecule has 13 heavy (non-hydrogen) atoms. The molecule has 1 aliphatic rings. The van der Waals surface area contributed by atoms with Crippen molar-refractivity contribution in [3.05, 3.63) is 0 Å². The zero-order chi connectivity index (χ0) is 9.84. The number of carbonyl (C=O) groups is 1. The Labute approximate surface area is 79.0 Å². The van der Waals surface area contributed by atoms with Crippen LogP contribution in [0.1, 0.15) is 26.7 Å². The molecule has 0 radical (unpaired) electrons. The van der Waals surface area contributed by atoms with Gasteiger partial charge in [0.1, 0.15) is 0 Å². The third-order valence-corrected chi connectivity index (χ3v) is 2.27. The number of hydrogen-bond donors (Lipinski definition) is 1. The molecule has 0 aromatic rings. The highest BCUT2D eigenvalue weighted by molar-refractivity contribution is 5.76. The van der Waals surface area contributed by atoms with Gasteiger partial charge in [-0.1, -0.05) is 13.8 Å². The van der Waals surface area contributed by atoms with E-state index in [1.807, 2.05) is 18.7 Å². The maximum atomic E-state index is 11.5. The van der Waals surface area contributed by atoms with Crippen molar-refractivity contribution in [2.24, 2.45) is 11.8 Å². The predicted octanol–water partition coefficient (Wildman–Crippen LogP) is 0.524. The Hall–Kier alpha value is -0.610. The van der Waals surface area contributed by atoms with Crippen molar-refractivity contribution in [1.29, 1.82) is 0 Å². The molecular weight excluding hydrogens is 168 g/mol. The molecule has 0 aliphatic carbocycles. The molecule has 0 aromatic carbocycles. The van der Waals surface area contributed by atoms with Crippen molar-refractivity contribution >= 4 is 5.91 Å². The third-order valence-electron chi connectivity index (χ3n) is 2.27. The number of nitrogens with zero attached hydrogens (tertiary/aromatic N) is 1. The summed E-state index contributed by atoms with van der Waals surface area (Å²) >= 11 is 0. The normalized spacial score (nSPS) is 22.8. The Morgan fingerprint density at radius 1 is 1.69 bits per heavy atom. The first-order valence-electron chi connectivity index (χ1n) is 4.76. The molecule has 1 saturated heterocycles. The molecule has 0 spiro atoms. The third kappa shape index (κ3) is 2.97. The fourth-order valence-corrected chi connectivity index (χ4v) is 1.54. The van der Waals surface area contributed by atoms with Crippen LogP contribution < -0.4 is 5.90 Å². The number of likely N-dealkylation sites (tertiary alicyclic amines) is 1. The molecule has 1 fully saturated rings. The Morgan fingerprint density at radius 2 is 2.38 bits per heavy atom. The molecule has 1 atom stereocenters. The van der Waals surface area contributed by atoms with Gasteiger partial charge in [0.15, 0.2) is 0 Å². The van der Waals surface area contributed by atoms with Gasteiger partial charge in [-0.05, 0) is 12.3 Å². The van der Waals surface area contributed by atoms with Crippen LogP contribution in [-0.2, 0) is 9.63 Å². The van der Waals surface area contributed by atoms with Crippen LogP contribution in [0.15, 0.2) is 0 Å². The van der Waals surface area contributed by atoms with E-state index in [-0.39, 0.29) is 12.0 Å². The van der Waals surface area contributed by atoms with Crippen LogP contribution in [-0.4, -0.2) is 30.0 Å². The minimum absolute atomic E-state index is 0.0381. The lowest BCUT2D eigenvalue weighted by molar-refractivity contribution is -0.131. The molecule has 1 heterocycles. The molecule has 4 heteroatoms. The topological polar surface area (TPSA) is 55.6 Å². The molecule has 0 bridgehead atoms. The highest BCUT2D eigenvalue weighted by Gasteiger charge is 2.26. The summed E-state index contributed by atoms with van der Waals surface area (Å²) < 4.78 is 0. The molecule has 1 rings (SSSR count). The highest BCUT2D eigenvalue weighted by atomic mass is 16.6. The molecule has 0 aromatic heterocycles. The summed E-state index contributed by atoms with van der Waals surface area (Å²) in [6, 6.07) is 0. The summed E-state index contributed by atoms with van der Waals surface area (Å²) in [6.07, 6.45) is 1.52. The van der Waals surface area contributed by atoms with Gasteiger partial charge in [0.25, 0.3) is 0 Å². The van der Waals surface area contributed by atoms with E-state index >= 15 is 0 Å². The zero-order valence-electron chi connectivity index (χ0n) is 8.32. The largest absolute Gasteiger partial charge is 0.340 e. The molecule has 76 valence electrons. The molecule has 4 nitrogen and oxygen atoms in total. The minimum atomic E-state index is 0.0381. The lowest BCUT2D eigenvalue weighted by Gasteiger charge is -2.16. The van der Waals surface area contributed by atoms with Gasteiger partial charge in [0.05, 0.1) is 6.10 Å². The van der Waals surface area contributed by atoms with E-state index in [1.165, 1.54) is 0 Å². The van der Waals surface area contributed by atoms with Crippen molar-refractivity contribution in [3.8, 4) is 0 Å². The van der Waals surface area contributed by atoms with E-state index in [9.17, 15) is 4.79 Å². The minimum Gasteiger partial charge on any atom is -0.340 e. The first kappa shape index (κ1) is 10.5. The maximum absolute atomic E-state index is 11.5. The Morgan fingerprint density at radius 3 is 2.85 bits per heavy atom. The van der Waals surface area contributed by atoms with Crippen molar-refractivity contribution in [2.75, 3.05) is 13.1 Å². The smallest absolute Gasteiger partial charge is 0.222 e. The summed E-state index contributed by atoms with van der Waals surface area (Å²) in [5.41, 5.74) is 0. The van der Waals surface area contributed by atoms with E-state index in [4.69, 9.17) is 10.7 Å². The quantitative estimate of drug-likeness (QED) is 0.654. The maximum Gasteiger partial charge on any atom is 0.222 e. The number of nitrogens with two attached hydrogens (primary N) is 1. The van der Waals surface area contributed by atoms with Gasteiger partial charge < -0.3 is 4.90 Å². The van der Waals surface area contributed by atoms with E-state index < -0.39 is 0 Å². The lowest BCUT2D eigenvalue weighted by Crippen LogP contribution is -2.31. The van der Waals surface area contributed by atoms with Crippen LogP contribution in [0.25, 0.3) is 0 Å². The second-order valence-electron chi connectivity index (χ2n) is 3.98. The monoisotopic (exact) mass is 186 g/mol. The molecule has 1 amide bonds. The second kappa shape index (κ2) is 4.58. The first-order valence-corrected chi connectivity index (χ1v) is 4.76. The van der Waals surface area contributed by atoms with Crippen LogP contribution in [0, 0.1) is 5.92 Å². The average Bonchev–Trinajstić information content (AvgIpc) is 2.50. The van der Waals surface area contributed by atoms with Gasteiger partial charge in [-0.3, -0.25) is 9.63 Å². The van der Waals surface area contributed by atoms with Gasteiger partial charge in [-0.25, -0.2) is 5.90 Å². The average molecular weight is 186 g/mol. The molecular formula is C9H18N2O2. The molecule has 1 aliphatic heterocycles. The standard InChI is InChI=1S/C9H18N2O2/c1-7(2)5-9(12)11-4-3-8(6-11)13-10/h7-8H,3-6,10H2,1-2H3. The van der Waals surface area contributed by atoms with Crippen molar-refractivity contribution in [3.63, 3.8) is 0 Å². The highest BCUT2D eigenvalue weighted by Crippen LogP contribution is 2.14. The van der Waals surface area contributed by atoms with Crippen LogP contribution in [0.5, 0.6) is 0 Å². The van der Waals surface area contributed by atoms with Crippen molar-refractivity contribution in [2.45, 2.75) is 32.8 Å². The van der Waals surface area contributed by atoms with E-state index in [0.29, 0.717) is 18.9 Å². The van der Waals surface area contributed by atoms with Crippen molar-refractivity contribution < 1.29 is 9.63 Å². The second-order valence-corrected chi connectivity index (χ2v) is 3.98. The van der Waals surface area contributed by atoms with E-state index in [1.54, 1.807) is 0 Å². The Kier molecular flexibility index (Phi) is 3.69. The molecule has 2 N–H and O–H groups in total. The first-order chi connectivity index (χ1) is 6.13. The predicted molar refractivity (Wildman–Crippen MR) is 49.7 cm³/mol. The molecule has 1 unspecified atom stereocenters. The SMILES string of the molecule is CC(C)CC(=O)N1CCC(ON)C1. The summed E-state index contributed by atoms with van der Waals surface area (Å²) in [6.45, 7) is 5.53. The van der Waals surface area contributed by atoms with Gasteiger partial charge in [-0.15, -0.1) is 0 Å². The van der Waals surface area contributed by atoms with Crippen LogP contribution in [0.2, 0.25) is 0 Å². The van der Waals surface area contributed by atoms with Crippen LogP contribution >= 0.6 is 0 Å². The van der Waals surface area contributed by atoms with Crippen LogP contribution in [0.3, 0.4) is 0 Å². The van der Waals surface area contributed by atoms with Gasteiger partial charge in [0.2, 0.25) is 5.91 Å². The van der Waals surface area contributed by atoms with E-state index in [2.05, 4.69) is 0 Å². The number of hydrogen-bond acceptors (Lipinski definition) is 3. The lowest BCUT2D eigenvalue weighted by atomic mass is 10.1. The summed E-state index contributed by atoms with van der Waals surface area (Å²) in [5, 5.41) is 0. The fourth-order valence-electron chi connectivity index (χ4n) is 1.54. The Balaban J connectivity index is 2.33. The Bertz CT molecular complexity index is 182. The molecule has 0 saturated carbocycles. The van der Waals surface area contributed by atoms with Crippen LogP contribution in [0.4, 0.5) is 0 Å². The summed E-state index contributed by atoms with van der Waals surface area (Å²) in [7, 11) is 0. The van der Waals surface area contributed by atoms with Crippen molar-refractivity contribution in [1.82, 2.24) is 4.90 Å². The van der Waals surface area contributed by atoms with E-state index in [0.717, 1.165) is 13.0 Å². The number of amides is 1. The number of carbonyl (C=O) groups excluding carboxylic acids is 1. The summed E-state index contributed by atoms with van der Waals surface area (Å²) in [5.74, 6) is 5.70. The number of rotatable bonds is 3. The summed E-state index contributed by atoms with van der Waals surface area (Å²) in [4.78, 5) is 18.1. The van der Waals surface area contributed by atoms with Gasteiger partial charge >= 0.3 is 0 Å². The van der Waals surface area contributed by atoms with Gasteiger partial charge in [0, 0.05) is 19.5 Å². The zero-order valence-corrected chi connectivity index (χ0v) is 8.32. The fraction of sp³-hybridized carbons (Fsp3) is 0.889. The van der Waals surface area contributed by atoms with Gasteiger partial charge in [-0.2, -0.15) is 0 Å².